The molecule has 1 fully saturated rings. The number of piperazine rings is 1. The van der Waals surface area contributed by atoms with Crippen molar-refractivity contribution in [2.24, 2.45) is 0 Å². The Morgan fingerprint density at radius 1 is 0.838 bits per heavy atom. The average molecular weight is 492 g/mol. The van der Waals surface area contributed by atoms with Gasteiger partial charge in [0.2, 0.25) is 0 Å². The monoisotopic (exact) mass is 491 g/mol. The van der Waals surface area contributed by atoms with E-state index in [1.165, 1.54) is 12.1 Å². The highest BCUT2D eigenvalue weighted by Gasteiger charge is 2.26. The molecule has 3 aromatic carbocycles. The molecule has 1 aliphatic rings. The van der Waals surface area contributed by atoms with E-state index in [9.17, 15) is 9.18 Å². The molecule has 1 aliphatic heterocycles. The third-order valence-electron chi connectivity index (χ3n) is 6.92. The number of fused-ring (bicyclic) bond motifs is 1. The van der Waals surface area contributed by atoms with Crippen LogP contribution < -0.4 is 4.90 Å². The highest BCUT2D eigenvalue weighted by Crippen LogP contribution is 2.37. The Morgan fingerprint density at radius 2 is 1.54 bits per heavy atom. The number of aromatic nitrogens is 3. The molecule has 6 nitrogen and oxygen atoms in total. The summed E-state index contributed by atoms with van der Waals surface area (Å²) in [4.78, 5) is 26.5. The van der Waals surface area contributed by atoms with E-state index < -0.39 is 0 Å². The topological polar surface area (TPSA) is 54.3 Å². The summed E-state index contributed by atoms with van der Waals surface area (Å²) in [6.45, 7) is 4.57. The van der Waals surface area contributed by atoms with Crippen LogP contribution in [0.15, 0.2) is 91.4 Å². The number of benzene rings is 3. The third kappa shape index (κ3) is 4.33. The Hall–Kier alpha value is -4.52. The fourth-order valence-electron chi connectivity index (χ4n) is 4.92. The third-order valence-corrected chi connectivity index (χ3v) is 6.92. The van der Waals surface area contributed by atoms with Gasteiger partial charge in [0.25, 0.3) is 5.91 Å². The van der Waals surface area contributed by atoms with E-state index in [-0.39, 0.29) is 11.7 Å². The Labute approximate surface area is 214 Å². The Kier molecular flexibility index (Phi) is 5.88. The first kappa shape index (κ1) is 22.9. The van der Waals surface area contributed by atoms with Gasteiger partial charge in [0, 0.05) is 49.2 Å². The Morgan fingerprint density at radius 3 is 2.24 bits per heavy atom. The molecule has 0 saturated carbocycles. The lowest BCUT2D eigenvalue weighted by molar-refractivity contribution is 0.0746. The smallest absolute Gasteiger partial charge is 0.253 e. The molecule has 0 unspecified atom stereocenters. The summed E-state index contributed by atoms with van der Waals surface area (Å²) in [6.07, 6.45) is 3.62. The fourth-order valence-corrected chi connectivity index (χ4v) is 4.92. The summed E-state index contributed by atoms with van der Waals surface area (Å²) in [6, 6.07) is 24.3. The van der Waals surface area contributed by atoms with Gasteiger partial charge in [0.1, 0.15) is 18.0 Å². The predicted molar refractivity (Wildman–Crippen MR) is 144 cm³/mol. The minimum absolute atomic E-state index is 0.0555. The number of carbonyl (C=O) groups is 1. The molecular weight excluding hydrogens is 465 g/mol. The number of hydrogen-bond donors (Lipinski definition) is 0. The van der Waals surface area contributed by atoms with Crippen molar-refractivity contribution in [1.82, 2.24) is 19.4 Å². The van der Waals surface area contributed by atoms with Gasteiger partial charge in [-0.25, -0.2) is 14.4 Å². The molecule has 0 spiro atoms. The molecule has 0 bridgehead atoms. The lowest BCUT2D eigenvalue weighted by Crippen LogP contribution is -2.49. The maximum absolute atomic E-state index is 13.6. The Bertz CT molecular complexity index is 1550. The van der Waals surface area contributed by atoms with E-state index in [2.05, 4.69) is 22.0 Å². The van der Waals surface area contributed by atoms with Gasteiger partial charge in [-0.2, -0.15) is 0 Å². The van der Waals surface area contributed by atoms with Crippen LogP contribution in [0.4, 0.5) is 10.2 Å². The summed E-state index contributed by atoms with van der Waals surface area (Å²) in [5.41, 5.74) is 5.49. The van der Waals surface area contributed by atoms with Gasteiger partial charge in [-0.15, -0.1) is 0 Å². The van der Waals surface area contributed by atoms with Crippen molar-refractivity contribution in [2.75, 3.05) is 31.1 Å². The van der Waals surface area contributed by atoms with Crippen molar-refractivity contribution in [3.63, 3.8) is 0 Å². The van der Waals surface area contributed by atoms with Gasteiger partial charge in [0.15, 0.2) is 5.65 Å². The zero-order valence-corrected chi connectivity index (χ0v) is 20.5. The van der Waals surface area contributed by atoms with Crippen LogP contribution in [0.25, 0.3) is 27.8 Å². The number of rotatable bonds is 4. The summed E-state index contributed by atoms with van der Waals surface area (Å²) in [5, 5.41) is 0.941. The van der Waals surface area contributed by atoms with Gasteiger partial charge < -0.3 is 14.4 Å². The quantitative estimate of drug-likeness (QED) is 0.333. The van der Waals surface area contributed by atoms with Gasteiger partial charge in [-0.05, 0) is 48.9 Å². The maximum Gasteiger partial charge on any atom is 0.253 e. The summed E-state index contributed by atoms with van der Waals surface area (Å²) in [7, 11) is 0. The second-order valence-electron chi connectivity index (χ2n) is 9.30. The molecule has 6 rings (SSSR count). The highest BCUT2D eigenvalue weighted by molar-refractivity contribution is 6.02. The molecule has 184 valence electrons. The number of nitrogens with zero attached hydrogens (tertiary/aromatic N) is 5. The van der Waals surface area contributed by atoms with Crippen molar-refractivity contribution in [3.05, 3.63) is 108 Å². The number of anilines is 1. The van der Waals surface area contributed by atoms with Crippen LogP contribution in [0.2, 0.25) is 0 Å². The summed E-state index contributed by atoms with van der Waals surface area (Å²) >= 11 is 0. The zero-order valence-electron chi connectivity index (χ0n) is 20.5. The first-order valence-corrected chi connectivity index (χ1v) is 12.4. The van der Waals surface area contributed by atoms with Crippen LogP contribution in [-0.2, 0) is 0 Å². The molecule has 1 saturated heterocycles. The number of amides is 1. The normalized spacial score (nSPS) is 13.8. The van der Waals surface area contributed by atoms with Crippen molar-refractivity contribution in [1.29, 1.82) is 0 Å². The Balaban J connectivity index is 1.36. The molecule has 0 radical (unpaired) electrons. The van der Waals surface area contributed by atoms with E-state index in [0.717, 1.165) is 39.2 Å². The minimum atomic E-state index is -0.281. The van der Waals surface area contributed by atoms with Gasteiger partial charge >= 0.3 is 0 Å². The van der Waals surface area contributed by atoms with Crippen molar-refractivity contribution in [3.8, 4) is 16.8 Å². The van der Waals surface area contributed by atoms with Gasteiger partial charge in [-0.3, -0.25) is 4.79 Å². The molecule has 1 amide bonds. The van der Waals surface area contributed by atoms with Crippen molar-refractivity contribution < 1.29 is 9.18 Å². The number of carbonyl (C=O) groups excluding carboxylic acids is 1. The van der Waals surface area contributed by atoms with E-state index in [4.69, 9.17) is 4.98 Å². The first-order valence-electron chi connectivity index (χ1n) is 12.4. The van der Waals surface area contributed by atoms with E-state index in [1.807, 2.05) is 65.1 Å². The van der Waals surface area contributed by atoms with Crippen LogP contribution in [0.3, 0.4) is 0 Å². The average Bonchev–Trinajstić information content (AvgIpc) is 3.34. The highest BCUT2D eigenvalue weighted by atomic mass is 19.1. The van der Waals surface area contributed by atoms with Crippen LogP contribution >= 0.6 is 0 Å². The van der Waals surface area contributed by atoms with Crippen LogP contribution in [0.5, 0.6) is 0 Å². The van der Waals surface area contributed by atoms with Gasteiger partial charge in [-0.1, -0.05) is 48.0 Å². The molecule has 0 aliphatic carbocycles. The molecule has 3 heterocycles. The maximum atomic E-state index is 13.6. The SMILES string of the molecule is Cc1ccc(C(=O)N2CCN(c3ncnc4c3c(-c3ccccc3)cn4-c3ccc(F)cc3)CC2)cc1. The molecule has 0 atom stereocenters. The van der Waals surface area contributed by atoms with E-state index in [1.54, 1.807) is 18.5 Å². The summed E-state index contributed by atoms with van der Waals surface area (Å²) < 4.78 is 15.6. The molecule has 5 aromatic rings. The number of aryl methyl sites for hydroxylation is 1. The van der Waals surface area contributed by atoms with E-state index >= 15 is 0 Å². The molecular formula is C30H26FN5O. The predicted octanol–water partition coefficient (Wildman–Crippen LogP) is 5.50. The standard InChI is InChI=1S/C30H26FN5O/c1-21-7-9-23(10-8-21)30(37)35-17-15-34(16-18-35)28-27-26(22-5-3-2-4-6-22)19-36(29(27)33-20-32-28)25-13-11-24(31)12-14-25/h2-14,19-20H,15-18H2,1H3. The van der Waals surface area contributed by atoms with Crippen molar-refractivity contribution in [2.45, 2.75) is 6.92 Å². The molecule has 2 aromatic heterocycles. The van der Waals surface area contributed by atoms with E-state index in [0.29, 0.717) is 31.7 Å². The second kappa shape index (κ2) is 9.50. The number of halogens is 1. The van der Waals surface area contributed by atoms with Crippen LogP contribution in [0.1, 0.15) is 15.9 Å². The molecule has 37 heavy (non-hydrogen) atoms. The minimum Gasteiger partial charge on any atom is -0.352 e. The lowest BCUT2D eigenvalue weighted by Gasteiger charge is -2.35. The van der Waals surface area contributed by atoms with Crippen molar-refractivity contribution >= 4 is 22.8 Å². The van der Waals surface area contributed by atoms with Crippen LogP contribution in [0, 0.1) is 12.7 Å². The lowest BCUT2D eigenvalue weighted by atomic mass is 10.1. The zero-order chi connectivity index (χ0) is 25.4. The summed E-state index contributed by atoms with van der Waals surface area (Å²) in [5.74, 6) is 0.615. The fraction of sp³-hybridized carbons (Fsp3) is 0.167. The first-order chi connectivity index (χ1) is 18.1. The largest absolute Gasteiger partial charge is 0.352 e. The van der Waals surface area contributed by atoms with Crippen LogP contribution in [-0.4, -0.2) is 51.5 Å². The second-order valence-corrected chi connectivity index (χ2v) is 9.30. The molecule has 7 heteroatoms. The van der Waals surface area contributed by atoms with Gasteiger partial charge in [0.05, 0.1) is 5.39 Å². The molecule has 0 N–H and O–H groups in total. The number of hydrogen-bond acceptors (Lipinski definition) is 4.